The Morgan fingerprint density at radius 3 is 2.39 bits per heavy atom. The molecule has 1 fully saturated rings. The minimum absolute atomic E-state index is 0.0136. The Bertz CT molecular complexity index is 1360. The Morgan fingerprint density at radius 1 is 1.08 bits per heavy atom. The third kappa shape index (κ3) is 5.67. The average molecular weight is 529 g/mol. The lowest BCUT2D eigenvalue weighted by atomic mass is 10.1. The van der Waals surface area contributed by atoms with Crippen LogP contribution in [0.25, 0.3) is 6.08 Å². The lowest BCUT2D eigenvalue weighted by Gasteiger charge is -2.14. The van der Waals surface area contributed by atoms with Crippen LogP contribution in [0.4, 0.5) is 14.9 Å². The van der Waals surface area contributed by atoms with Crippen molar-refractivity contribution < 1.29 is 28.4 Å². The zero-order chi connectivity index (χ0) is 25.8. The molecular weight excluding hydrogens is 511 g/mol. The summed E-state index contributed by atoms with van der Waals surface area (Å²) in [6.45, 7) is 0.123. The third-order valence-electron chi connectivity index (χ3n) is 5.21. The molecule has 1 heterocycles. The predicted molar refractivity (Wildman–Crippen MR) is 133 cm³/mol. The second kappa shape index (κ2) is 10.8. The molecule has 0 bridgehead atoms. The second-order valence-electron chi connectivity index (χ2n) is 7.64. The van der Waals surface area contributed by atoms with Gasteiger partial charge >= 0.3 is 0 Å². The predicted octanol–water partition coefficient (Wildman–Crippen LogP) is 6.21. The van der Waals surface area contributed by atoms with Crippen molar-refractivity contribution in [1.82, 2.24) is 4.90 Å². The molecule has 36 heavy (non-hydrogen) atoms. The highest BCUT2D eigenvalue weighted by molar-refractivity contribution is 8.18. The van der Waals surface area contributed by atoms with Gasteiger partial charge in [-0.2, -0.15) is 0 Å². The van der Waals surface area contributed by atoms with Crippen molar-refractivity contribution in [1.29, 1.82) is 0 Å². The number of benzene rings is 3. The first-order chi connectivity index (χ1) is 17.2. The van der Waals surface area contributed by atoms with Crippen LogP contribution in [-0.4, -0.2) is 28.1 Å². The molecule has 1 saturated heterocycles. The minimum atomic E-state index is -0.523. The molecule has 3 aromatic carbocycles. The number of amides is 2. The van der Waals surface area contributed by atoms with E-state index in [1.165, 1.54) is 49.6 Å². The van der Waals surface area contributed by atoms with Gasteiger partial charge in [0.1, 0.15) is 12.4 Å². The molecule has 3 aromatic rings. The van der Waals surface area contributed by atoms with E-state index in [1.807, 2.05) is 0 Å². The van der Waals surface area contributed by atoms with E-state index in [0.717, 1.165) is 22.2 Å². The second-order valence-corrected chi connectivity index (χ2v) is 9.04. The SMILES string of the molecule is COc1cc(/C=C2\SC(=O)N(Cc3ccc([N+](=O)[O-])cc3)C2=O)cc(Cl)c1OCc1ccc(F)cc1. The fourth-order valence-electron chi connectivity index (χ4n) is 3.39. The maximum atomic E-state index is 13.1. The summed E-state index contributed by atoms with van der Waals surface area (Å²) in [5.41, 5.74) is 1.76. The van der Waals surface area contributed by atoms with Crippen LogP contribution in [0.5, 0.6) is 11.5 Å². The van der Waals surface area contributed by atoms with Gasteiger partial charge < -0.3 is 9.47 Å². The first kappa shape index (κ1) is 25.2. The number of nitro benzene ring substituents is 1. The van der Waals surface area contributed by atoms with Crippen molar-refractivity contribution in [3.63, 3.8) is 0 Å². The number of non-ortho nitro benzene ring substituents is 1. The number of ether oxygens (including phenoxy) is 2. The number of carbonyl (C=O) groups excluding carboxylic acids is 2. The fourth-order valence-corrected chi connectivity index (χ4v) is 4.50. The van der Waals surface area contributed by atoms with Crippen molar-refractivity contribution in [2.45, 2.75) is 13.2 Å². The molecular formula is C25H18ClFN2O6S. The van der Waals surface area contributed by atoms with Crippen LogP contribution in [0, 0.1) is 15.9 Å². The summed E-state index contributed by atoms with van der Waals surface area (Å²) in [7, 11) is 1.44. The molecule has 0 saturated carbocycles. The summed E-state index contributed by atoms with van der Waals surface area (Å²) in [6, 6.07) is 14.7. The smallest absolute Gasteiger partial charge is 0.293 e. The molecule has 4 rings (SSSR count). The van der Waals surface area contributed by atoms with Gasteiger partial charge in [0, 0.05) is 12.1 Å². The molecule has 8 nitrogen and oxygen atoms in total. The Kier molecular flexibility index (Phi) is 7.56. The number of rotatable bonds is 8. The molecule has 0 atom stereocenters. The number of imide groups is 1. The Balaban J connectivity index is 1.50. The number of carbonyl (C=O) groups is 2. The van der Waals surface area contributed by atoms with Crippen LogP contribution in [0.2, 0.25) is 5.02 Å². The van der Waals surface area contributed by atoms with E-state index < -0.39 is 16.1 Å². The van der Waals surface area contributed by atoms with Crippen LogP contribution >= 0.6 is 23.4 Å². The van der Waals surface area contributed by atoms with Crippen LogP contribution < -0.4 is 9.47 Å². The maximum absolute atomic E-state index is 13.1. The molecule has 0 aliphatic carbocycles. The van der Waals surface area contributed by atoms with Crippen LogP contribution in [-0.2, 0) is 17.9 Å². The summed E-state index contributed by atoms with van der Waals surface area (Å²) in [6.07, 6.45) is 1.53. The molecule has 0 radical (unpaired) electrons. The van der Waals surface area contributed by atoms with Gasteiger partial charge in [0.15, 0.2) is 11.5 Å². The van der Waals surface area contributed by atoms with Crippen molar-refractivity contribution >= 4 is 46.3 Å². The van der Waals surface area contributed by atoms with Gasteiger partial charge in [-0.05, 0) is 58.8 Å². The normalized spacial score (nSPS) is 14.4. The van der Waals surface area contributed by atoms with Crippen molar-refractivity contribution in [2.24, 2.45) is 0 Å². The standard InChI is InChI=1S/C25H18ClFN2O6S/c1-34-21-11-17(10-20(26)23(21)35-14-16-2-6-18(27)7-3-16)12-22-24(30)28(25(31)36-22)13-15-4-8-19(9-5-15)29(32)33/h2-12H,13-14H2,1H3/b22-12-. The molecule has 1 aliphatic heterocycles. The number of nitro groups is 1. The Labute approximate surface area is 214 Å². The van der Waals surface area contributed by atoms with Crippen molar-refractivity contribution in [2.75, 3.05) is 7.11 Å². The van der Waals surface area contributed by atoms with E-state index in [9.17, 15) is 24.1 Å². The summed E-state index contributed by atoms with van der Waals surface area (Å²) in [5.74, 6) is -0.237. The van der Waals surface area contributed by atoms with Gasteiger partial charge in [-0.25, -0.2) is 4.39 Å². The monoisotopic (exact) mass is 528 g/mol. The van der Waals surface area contributed by atoms with E-state index in [-0.39, 0.29) is 40.3 Å². The lowest BCUT2D eigenvalue weighted by molar-refractivity contribution is -0.384. The highest BCUT2D eigenvalue weighted by Gasteiger charge is 2.35. The minimum Gasteiger partial charge on any atom is -0.493 e. The summed E-state index contributed by atoms with van der Waals surface area (Å²) < 4.78 is 24.3. The molecule has 0 aromatic heterocycles. The van der Waals surface area contributed by atoms with E-state index in [4.69, 9.17) is 21.1 Å². The van der Waals surface area contributed by atoms with Gasteiger partial charge in [-0.1, -0.05) is 35.9 Å². The van der Waals surface area contributed by atoms with Gasteiger partial charge in [-0.3, -0.25) is 24.6 Å². The number of hydrogen-bond acceptors (Lipinski definition) is 7. The first-order valence-electron chi connectivity index (χ1n) is 10.5. The molecule has 0 unspecified atom stereocenters. The van der Waals surface area contributed by atoms with E-state index in [0.29, 0.717) is 16.9 Å². The van der Waals surface area contributed by atoms with E-state index >= 15 is 0 Å². The number of halogens is 2. The van der Waals surface area contributed by atoms with E-state index in [1.54, 1.807) is 24.3 Å². The summed E-state index contributed by atoms with van der Waals surface area (Å²) in [4.78, 5) is 36.9. The average Bonchev–Trinajstić information content (AvgIpc) is 3.11. The molecule has 0 N–H and O–H groups in total. The van der Waals surface area contributed by atoms with Crippen LogP contribution in [0.3, 0.4) is 0 Å². The van der Waals surface area contributed by atoms with Gasteiger partial charge in [0.2, 0.25) is 0 Å². The van der Waals surface area contributed by atoms with Crippen LogP contribution in [0.15, 0.2) is 65.6 Å². The fraction of sp³-hybridized carbons (Fsp3) is 0.120. The summed E-state index contributed by atoms with van der Waals surface area (Å²) >= 11 is 7.20. The molecule has 2 amide bonds. The number of methoxy groups -OCH3 is 1. The zero-order valence-corrected chi connectivity index (χ0v) is 20.3. The highest BCUT2D eigenvalue weighted by Crippen LogP contribution is 2.39. The first-order valence-corrected chi connectivity index (χ1v) is 11.7. The third-order valence-corrected chi connectivity index (χ3v) is 6.40. The van der Waals surface area contributed by atoms with Gasteiger partial charge in [-0.15, -0.1) is 0 Å². The molecule has 0 spiro atoms. The van der Waals surface area contributed by atoms with Crippen molar-refractivity contribution in [3.05, 3.63) is 103 Å². The van der Waals surface area contributed by atoms with E-state index in [2.05, 4.69) is 0 Å². The topological polar surface area (TPSA) is 99.0 Å². The van der Waals surface area contributed by atoms with Crippen LogP contribution in [0.1, 0.15) is 16.7 Å². The zero-order valence-electron chi connectivity index (χ0n) is 18.8. The largest absolute Gasteiger partial charge is 0.493 e. The van der Waals surface area contributed by atoms with Crippen molar-refractivity contribution in [3.8, 4) is 11.5 Å². The maximum Gasteiger partial charge on any atom is 0.293 e. The number of hydrogen-bond donors (Lipinski definition) is 0. The van der Waals surface area contributed by atoms with Gasteiger partial charge in [0.05, 0.1) is 28.5 Å². The lowest BCUT2D eigenvalue weighted by Crippen LogP contribution is -2.27. The number of thioether (sulfide) groups is 1. The summed E-state index contributed by atoms with van der Waals surface area (Å²) in [5, 5.41) is 10.6. The van der Waals surface area contributed by atoms with Gasteiger partial charge in [0.25, 0.3) is 16.8 Å². The molecule has 11 heteroatoms. The molecule has 1 aliphatic rings. The Morgan fingerprint density at radius 2 is 1.75 bits per heavy atom. The quantitative estimate of drug-likeness (QED) is 0.195. The Hall–Kier alpha value is -3.89. The molecule has 184 valence electrons. The highest BCUT2D eigenvalue weighted by atomic mass is 35.5. The number of nitrogens with zero attached hydrogens (tertiary/aromatic N) is 2.